The summed E-state index contributed by atoms with van der Waals surface area (Å²) in [6.45, 7) is 0. The molecule has 0 heterocycles. The molecule has 0 aliphatic heterocycles. The van der Waals surface area contributed by atoms with E-state index in [1.54, 1.807) is 0 Å². The smallest absolute Gasteiger partial charge is 0 e. The van der Waals surface area contributed by atoms with Crippen molar-refractivity contribution in [1.82, 2.24) is 0 Å². The zero-order chi connectivity index (χ0) is 0. The largest absolute Gasteiger partial charge is 1.00 e. The summed E-state index contributed by atoms with van der Waals surface area (Å²) in [5, 5.41) is 0. The number of halogens is 4. The number of hydrogen-bond donors (Lipinski definition) is 0. The molecule has 6 heteroatoms. The Kier molecular flexibility index (Phi) is 918. The molecule has 0 saturated heterocycles. The van der Waals surface area contributed by atoms with Crippen molar-refractivity contribution in [2.45, 2.75) is 0 Å². The average Bonchev–Trinajstić information content (AvgIpc) is 0. The summed E-state index contributed by atoms with van der Waals surface area (Å²) in [6.07, 6.45) is 0. The number of hydrogen-bond acceptors (Lipinski definition) is 0. The summed E-state index contributed by atoms with van der Waals surface area (Å²) in [6, 6.07) is 0. The molecule has 0 saturated carbocycles. The summed E-state index contributed by atoms with van der Waals surface area (Å²) in [4.78, 5) is 0. The van der Waals surface area contributed by atoms with Crippen molar-refractivity contribution in [3.8, 4) is 0 Å². The van der Waals surface area contributed by atoms with Gasteiger partial charge in [-0.3, -0.25) is 0 Å². The third kappa shape index (κ3) is 35.9. The summed E-state index contributed by atoms with van der Waals surface area (Å²) in [5.74, 6) is 0. The minimum absolute atomic E-state index is 0. The zero-order valence-corrected chi connectivity index (χ0v) is 8.84. The molecule has 2 N–H and O–H groups in total. The molecule has 0 aromatic carbocycles. The molecule has 0 unspecified atom stereocenters. The molecule has 0 amide bonds. The summed E-state index contributed by atoms with van der Waals surface area (Å²) in [7, 11) is 0. The Hall–Kier alpha value is 2.11. The molecule has 0 aromatic heterocycles. The quantitative estimate of drug-likeness (QED) is 0.385. The molecule has 6 heavy (non-hydrogen) atoms. The molecule has 0 fully saturated rings. The standard InChI is InChI=1S/4ClH.H2O.Pu/h4*1H;1H2;/p-4. The van der Waals surface area contributed by atoms with Crippen molar-refractivity contribution in [2.24, 2.45) is 0 Å². The average molecular weight is 404 g/mol. The van der Waals surface area contributed by atoms with Crippen LogP contribution in [0, 0.1) is 29.2 Å². The topological polar surface area (TPSA) is 31.5 Å². The van der Waals surface area contributed by atoms with Crippen LogP contribution in [0.1, 0.15) is 0 Å². The normalized spacial score (nSPS) is 0. The van der Waals surface area contributed by atoms with Crippen molar-refractivity contribution in [3.05, 3.63) is 0 Å². The van der Waals surface area contributed by atoms with Gasteiger partial charge in [0.25, 0.3) is 0 Å². The maximum atomic E-state index is 0. The van der Waals surface area contributed by atoms with Crippen LogP contribution in [0.15, 0.2) is 0 Å². The van der Waals surface area contributed by atoms with Gasteiger partial charge < -0.3 is 55.1 Å². The van der Waals surface area contributed by atoms with E-state index in [4.69, 9.17) is 0 Å². The Morgan fingerprint density at radius 2 is 0.500 bits per heavy atom. The maximum Gasteiger partial charge on any atom is 0 e. The van der Waals surface area contributed by atoms with Gasteiger partial charge in [0.1, 0.15) is 0 Å². The first-order chi connectivity index (χ1) is 0. The Bertz CT molecular complexity index is 7.51. The molecule has 0 bridgehead atoms. The third-order valence-electron chi connectivity index (χ3n) is 0. The predicted molar refractivity (Wildman–Crippen MR) is 3.61 cm³/mol. The molecule has 0 aromatic rings. The molecular formula is H2Cl4OPu-4. The molecule has 0 radical (unpaired) electrons. The molecule has 1 nitrogen and oxygen atoms in total. The van der Waals surface area contributed by atoms with Crippen LogP contribution in [0.5, 0.6) is 0 Å². The van der Waals surface area contributed by atoms with E-state index in [0.29, 0.717) is 0 Å². The second kappa shape index (κ2) is 59.7. The van der Waals surface area contributed by atoms with Crippen LogP contribution in [0.4, 0.5) is 0 Å². The van der Waals surface area contributed by atoms with Gasteiger partial charge in [0, 0.05) is 29.2 Å². The zero-order valence-electron chi connectivity index (χ0n) is 2.42. The Labute approximate surface area is 83.5 Å². The molecule has 0 aliphatic carbocycles. The Balaban J connectivity index is 0. The van der Waals surface area contributed by atoms with E-state index in [9.17, 15) is 0 Å². The van der Waals surface area contributed by atoms with Gasteiger partial charge in [-0.2, -0.15) is 0 Å². The molecule has 0 aliphatic rings. The van der Waals surface area contributed by atoms with E-state index in [1.165, 1.54) is 0 Å². The van der Waals surface area contributed by atoms with Gasteiger partial charge in [-0.15, -0.1) is 0 Å². The monoisotopic (exact) mass is 396 g/mol. The van der Waals surface area contributed by atoms with Gasteiger partial charge in [-0.25, -0.2) is 0 Å². The van der Waals surface area contributed by atoms with Crippen LogP contribution >= 0.6 is 0 Å². The minimum Gasteiger partial charge on any atom is -1.00 e. The minimum atomic E-state index is 0. The SMILES string of the molecule is O.[Cl-].[Cl-].[Cl-].[Cl-].[Pu]. The molecule has 46 valence electrons. The molecule has 0 spiro atoms. The van der Waals surface area contributed by atoms with Gasteiger partial charge in [-0.05, 0) is 0 Å². The van der Waals surface area contributed by atoms with Gasteiger partial charge in [0.05, 0.1) is 0 Å². The fourth-order valence-electron chi connectivity index (χ4n) is 0. The molecular weight excluding hydrogens is 402 g/mol. The third-order valence-corrected chi connectivity index (χ3v) is 0. The van der Waals surface area contributed by atoms with E-state index in [0.717, 1.165) is 0 Å². The Morgan fingerprint density at radius 3 is 0.500 bits per heavy atom. The van der Waals surface area contributed by atoms with Gasteiger partial charge in [0.2, 0.25) is 0 Å². The van der Waals surface area contributed by atoms with Gasteiger partial charge >= 0.3 is 0 Å². The van der Waals surface area contributed by atoms with Gasteiger partial charge in [0.15, 0.2) is 0 Å². The van der Waals surface area contributed by atoms with Crippen molar-refractivity contribution in [1.29, 1.82) is 0 Å². The van der Waals surface area contributed by atoms with E-state index in [-0.39, 0.29) is 84.3 Å². The van der Waals surface area contributed by atoms with Crippen molar-refractivity contribution in [2.75, 3.05) is 0 Å². The fourth-order valence-corrected chi connectivity index (χ4v) is 0. The van der Waals surface area contributed by atoms with E-state index < -0.39 is 0 Å². The van der Waals surface area contributed by atoms with Crippen LogP contribution < -0.4 is 49.6 Å². The van der Waals surface area contributed by atoms with Gasteiger partial charge in [-0.1, -0.05) is 0 Å². The second-order valence-electron chi connectivity index (χ2n) is 0. The Morgan fingerprint density at radius 1 is 0.500 bits per heavy atom. The first kappa shape index (κ1) is 92.2. The van der Waals surface area contributed by atoms with E-state index >= 15 is 0 Å². The maximum absolute atomic E-state index is 0. The van der Waals surface area contributed by atoms with Crippen molar-refractivity contribution >= 4 is 0 Å². The molecule has 0 atom stereocenters. The first-order valence-corrected chi connectivity index (χ1v) is 0. The van der Waals surface area contributed by atoms with Crippen LogP contribution in [-0.2, 0) is 0 Å². The fraction of sp³-hybridized carbons (Fsp3) is 0. The summed E-state index contributed by atoms with van der Waals surface area (Å²) >= 11 is 0. The number of rotatable bonds is 0. The van der Waals surface area contributed by atoms with E-state index in [2.05, 4.69) is 0 Å². The van der Waals surface area contributed by atoms with Crippen molar-refractivity contribution < 1.29 is 84.3 Å². The van der Waals surface area contributed by atoms with Crippen LogP contribution in [0.25, 0.3) is 0 Å². The molecule has 0 rings (SSSR count). The van der Waals surface area contributed by atoms with Crippen LogP contribution in [0.2, 0.25) is 0 Å². The first-order valence-electron chi connectivity index (χ1n) is 0. The van der Waals surface area contributed by atoms with Crippen LogP contribution in [-0.4, -0.2) is 5.48 Å². The second-order valence-corrected chi connectivity index (χ2v) is 0. The summed E-state index contributed by atoms with van der Waals surface area (Å²) in [5.41, 5.74) is 0. The van der Waals surface area contributed by atoms with E-state index in [1.807, 2.05) is 0 Å². The summed E-state index contributed by atoms with van der Waals surface area (Å²) < 4.78 is 0. The predicted octanol–water partition coefficient (Wildman–Crippen LogP) is -12.8. The van der Waals surface area contributed by atoms with Crippen LogP contribution in [0.3, 0.4) is 0 Å². The van der Waals surface area contributed by atoms with Crippen molar-refractivity contribution in [3.63, 3.8) is 0 Å².